The van der Waals surface area contributed by atoms with Crippen LogP contribution in [-0.4, -0.2) is 34.1 Å². The van der Waals surface area contributed by atoms with Crippen molar-refractivity contribution in [1.29, 1.82) is 0 Å². The minimum absolute atomic E-state index is 0.0975. The standard InChI is InChI=1S/C27H44N4O3/c1-18(2)15-22(32)26(33)31-25(27(34)30-17-19-13-14-23(28)29-16-19)24(20-9-5-3-6-10-20)21-11-7-4-8-12-21/h13-14,16,18,20-22,24-25,32H,3-12,15,17H2,1-2H3,(H2,28,29)(H,30,34)(H,31,33)/t22-,25+/m0/s1. The number of carbonyl (C=O) groups excluding carboxylic acids is 2. The van der Waals surface area contributed by atoms with Crippen LogP contribution < -0.4 is 16.4 Å². The number of hydrogen-bond acceptors (Lipinski definition) is 5. The maximum absolute atomic E-state index is 13.6. The zero-order valence-corrected chi connectivity index (χ0v) is 21.0. The highest BCUT2D eigenvalue weighted by molar-refractivity contribution is 5.89. The minimum Gasteiger partial charge on any atom is -0.384 e. The molecule has 0 radical (unpaired) electrons. The van der Waals surface area contributed by atoms with Crippen LogP contribution in [0.15, 0.2) is 18.3 Å². The van der Waals surface area contributed by atoms with E-state index < -0.39 is 18.1 Å². The number of anilines is 1. The van der Waals surface area contributed by atoms with Gasteiger partial charge in [0.05, 0.1) is 0 Å². The minimum atomic E-state index is -1.10. The Morgan fingerprint density at radius 2 is 1.59 bits per heavy atom. The van der Waals surface area contributed by atoms with Gasteiger partial charge in [-0.3, -0.25) is 9.59 Å². The van der Waals surface area contributed by atoms with E-state index in [2.05, 4.69) is 15.6 Å². The SMILES string of the molecule is CC(C)C[C@H](O)C(=O)N[C@@H](C(=O)NCc1ccc(N)nc1)C(C1CCCCC1)C1CCCCC1. The van der Waals surface area contributed by atoms with Crippen molar-refractivity contribution in [2.24, 2.45) is 23.7 Å². The molecule has 5 N–H and O–H groups in total. The van der Waals surface area contributed by atoms with Gasteiger partial charge in [-0.25, -0.2) is 4.98 Å². The number of nitrogens with two attached hydrogens (primary N) is 1. The van der Waals surface area contributed by atoms with Gasteiger partial charge in [-0.1, -0.05) is 84.1 Å². The van der Waals surface area contributed by atoms with E-state index in [1.165, 1.54) is 38.5 Å². The molecule has 7 heteroatoms. The molecule has 0 spiro atoms. The first-order chi connectivity index (χ1) is 16.3. The Kier molecular flexibility index (Phi) is 10.2. The van der Waals surface area contributed by atoms with Crippen LogP contribution in [0.1, 0.15) is 90.0 Å². The van der Waals surface area contributed by atoms with E-state index in [9.17, 15) is 14.7 Å². The maximum atomic E-state index is 13.6. The number of hydrogen-bond donors (Lipinski definition) is 4. The van der Waals surface area contributed by atoms with Gasteiger partial charge in [0.1, 0.15) is 18.0 Å². The van der Waals surface area contributed by atoms with Gasteiger partial charge < -0.3 is 21.5 Å². The number of amides is 2. The fourth-order valence-corrected chi connectivity index (χ4v) is 5.95. The Morgan fingerprint density at radius 3 is 2.09 bits per heavy atom. The lowest BCUT2D eigenvalue weighted by Gasteiger charge is -2.42. The van der Waals surface area contributed by atoms with Gasteiger partial charge in [-0.2, -0.15) is 0 Å². The summed E-state index contributed by atoms with van der Waals surface area (Å²) in [5, 5.41) is 16.6. The van der Waals surface area contributed by atoms with E-state index in [4.69, 9.17) is 5.73 Å². The van der Waals surface area contributed by atoms with Crippen LogP contribution in [0.2, 0.25) is 0 Å². The summed E-state index contributed by atoms with van der Waals surface area (Å²) in [5.74, 6) is 0.984. The molecule has 1 heterocycles. The molecule has 2 amide bonds. The zero-order chi connectivity index (χ0) is 24.5. The fraction of sp³-hybridized carbons (Fsp3) is 0.741. The molecular weight excluding hydrogens is 428 g/mol. The molecule has 2 atom stereocenters. The Bertz CT molecular complexity index is 753. The van der Waals surface area contributed by atoms with Gasteiger partial charge in [0.2, 0.25) is 11.8 Å². The van der Waals surface area contributed by atoms with E-state index >= 15 is 0 Å². The fourth-order valence-electron chi connectivity index (χ4n) is 5.95. The summed E-state index contributed by atoms with van der Waals surface area (Å²) in [6.07, 6.45) is 12.6. The number of aromatic nitrogens is 1. The second-order valence-electron chi connectivity index (χ2n) is 10.8. The lowest BCUT2D eigenvalue weighted by atomic mass is 9.66. The molecule has 2 aliphatic rings. The Morgan fingerprint density at radius 1 is 1.00 bits per heavy atom. The van der Waals surface area contributed by atoms with Crippen LogP contribution in [0.25, 0.3) is 0 Å². The summed E-state index contributed by atoms with van der Waals surface area (Å²) in [7, 11) is 0. The first-order valence-electron chi connectivity index (χ1n) is 13.3. The van der Waals surface area contributed by atoms with E-state index in [1.54, 1.807) is 12.3 Å². The van der Waals surface area contributed by atoms with Crippen LogP contribution in [0.3, 0.4) is 0 Å². The van der Waals surface area contributed by atoms with Crippen molar-refractivity contribution in [3.63, 3.8) is 0 Å². The highest BCUT2D eigenvalue weighted by Gasteiger charge is 2.41. The molecule has 2 saturated carbocycles. The van der Waals surface area contributed by atoms with Crippen LogP contribution in [-0.2, 0) is 16.1 Å². The number of nitrogens with zero attached hydrogens (tertiary/aromatic N) is 1. The van der Waals surface area contributed by atoms with Crippen molar-refractivity contribution in [1.82, 2.24) is 15.6 Å². The highest BCUT2D eigenvalue weighted by Crippen LogP contribution is 2.42. The Hall–Kier alpha value is -2.15. The molecule has 0 saturated heterocycles. The molecule has 0 bridgehead atoms. The summed E-state index contributed by atoms with van der Waals surface area (Å²) in [5.41, 5.74) is 6.54. The second kappa shape index (κ2) is 13.1. The van der Waals surface area contributed by atoms with E-state index in [0.717, 1.165) is 31.2 Å². The molecule has 1 aromatic heterocycles. The lowest BCUT2D eigenvalue weighted by Crippen LogP contribution is -2.56. The summed E-state index contributed by atoms with van der Waals surface area (Å²) < 4.78 is 0. The number of pyridine rings is 1. The molecule has 0 aliphatic heterocycles. The average molecular weight is 473 g/mol. The zero-order valence-electron chi connectivity index (χ0n) is 21.0. The molecular formula is C27H44N4O3. The van der Waals surface area contributed by atoms with Crippen molar-refractivity contribution in [3.8, 4) is 0 Å². The van der Waals surface area contributed by atoms with Gasteiger partial charge >= 0.3 is 0 Å². The third kappa shape index (κ3) is 7.69. The predicted octanol–water partition coefficient (Wildman–Crippen LogP) is 3.95. The van der Waals surface area contributed by atoms with Crippen LogP contribution in [0.4, 0.5) is 5.82 Å². The van der Waals surface area contributed by atoms with Gasteiger partial charge in [0.15, 0.2) is 0 Å². The smallest absolute Gasteiger partial charge is 0.249 e. The molecule has 190 valence electrons. The Labute approximate surface area is 204 Å². The molecule has 1 aromatic rings. The average Bonchev–Trinajstić information content (AvgIpc) is 2.84. The summed E-state index contributed by atoms with van der Waals surface area (Å²) in [6.45, 7) is 4.29. The number of rotatable bonds is 10. The van der Waals surface area contributed by atoms with Crippen LogP contribution in [0.5, 0.6) is 0 Å². The second-order valence-corrected chi connectivity index (χ2v) is 10.8. The van der Waals surface area contributed by atoms with Crippen molar-refractivity contribution in [2.45, 2.75) is 103 Å². The number of nitrogens with one attached hydrogen (secondary N) is 2. The summed E-state index contributed by atoms with van der Waals surface area (Å²) in [6, 6.07) is 2.93. The quantitative estimate of drug-likeness (QED) is 0.411. The van der Waals surface area contributed by atoms with Crippen LogP contribution >= 0.6 is 0 Å². The molecule has 0 unspecified atom stereocenters. The molecule has 7 nitrogen and oxygen atoms in total. The molecule has 3 rings (SSSR count). The third-order valence-electron chi connectivity index (χ3n) is 7.67. The predicted molar refractivity (Wildman–Crippen MR) is 135 cm³/mol. The number of aliphatic hydroxyl groups excluding tert-OH is 1. The van der Waals surface area contributed by atoms with E-state index in [0.29, 0.717) is 30.6 Å². The molecule has 34 heavy (non-hydrogen) atoms. The van der Waals surface area contributed by atoms with E-state index in [-0.39, 0.29) is 17.7 Å². The molecule has 2 aliphatic carbocycles. The van der Waals surface area contributed by atoms with Gasteiger partial charge in [-0.15, -0.1) is 0 Å². The van der Waals surface area contributed by atoms with Crippen molar-refractivity contribution < 1.29 is 14.7 Å². The normalized spacial score (nSPS) is 19.7. The summed E-state index contributed by atoms with van der Waals surface area (Å²) >= 11 is 0. The molecule has 0 aromatic carbocycles. The van der Waals surface area contributed by atoms with Crippen molar-refractivity contribution in [2.75, 3.05) is 5.73 Å². The van der Waals surface area contributed by atoms with Gasteiger partial charge in [0.25, 0.3) is 0 Å². The van der Waals surface area contributed by atoms with E-state index in [1.807, 2.05) is 19.9 Å². The van der Waals surface area contributed by atoms with Crippen molar-refractivity contribution >= 4 is 17.6 Å². The third-order valence-corrected chi connectivity index (χ3v) is 7.67. The lowest BCUT2D eigenvalue weighted by molar-refractivity contribution is -0.137. The van der Waals surface area contributed by atoms with Crippen molar-refractivity contribution in [3.05, 3.63) is 23.9 Å². The molecule has 2 fully saturated rings. The topological polar surface area (TPSA) is 117 Å². The Balaban J connectivity index is 1.82. The largest absolute Gasteiger partial charge is 0.384 e. The summed E-state index contributed by atoms with van der Waals surface area (Å²) in [4.78, 5) is 30.8. The number of nitrogen functional groups attached to an aromatic ring is 1. The number of aliphatic hydroxyl groups is 1. The first kappa shape index (κ1) is 26.5. The van der Waals surface area contributed by atoms with Gasteiger partial charge in [-0.05, 0) is 41.7 Å². The number of carbonyl (C=O) groups is 2. The van der Waals surface area contributed by atoms with Gasteiger partial charge in [0, 0.05) is 12.7 Å². The first-order valence-corrected chi connectivity index (χ1v) is 13.3. The van der Waals surface area contributed by atoms with Crippen LogP contribution in [0, 0.1) is 23.7 Å². The monoisotopic (exact) mass is 472 g/mol. The highest BCUT2D eigenvalue weighted by atomic mass is 16.3. The maximum Gasteiger partial charge on any atom is 0.249 e.